The topological polar surface area (TPSA) is 82.1 Å². The molecule has 6 heteroatoms. The zero-order chi connectivity index (χ0) is 22.7. The first-order chi connectivity index (χ1) is 13.7. The molecule has 8 atom stereocenters. The summed E-state index contributed by atoms with van der Waals surface area (Å²) >= 11 is 0. The number of fused-ring (bicyclic) bond motifs is 3. The minimum atomic E-state index is -0.944. The van der Waals surface area contributed by atoms with E-state index in [0.717, 1.165) is 25.7 Å². The van der Waals surface area contributed by atoms with Crippen molar-refractivity contribution < 1.29 is 28.9 Å². The molecule has 3 rings (SSSR count). The summed E-state index contributed by atoms with van der Waals surface area (Å²) in [6.07, 6.45) is 2.98. The first-order valence-corrected chi connectivity index (χ1v) is 11.1. The molecule has 0 aromatic carbocycles. The van der Waals surface area contributed by atoms with Crippen LogP contribution in [0.1, 0.15) is 74.1 Å². The molecule has 1 N–H and O–H groups in total. The van der Waals surface area contributed by atoms with Gasteiger partial charge in [0.2, 0.25) is 0 Å². The third kappa shape index (κ3) is 3.40. The van der Waals surface area contributed by atoms with Crippen molar-refractivity contribution in [2.75, 3.05) is 0 Å². The van der Waals surface area contributed by atoms with Crippen molar-refractivity contribution >= 4 is 11.9 Å². The summed E-state index contributed by atoms with van der Waals surface area (Å²) in [7, 11) is 0. The third-order valence-electron chi connectivity index (χ3n) is 8.41. The highest BCUT2D eigenvalue weighted by atomic mass is 16.6. The minimum absolute atomic E-state index is 0.0772. The molecule has 1 saturated heterocycles. The molecular formula is C24H38O6. The number of carbonyl (C=O) groups is 2. The number of carbonyl (C=O) groups excluding carboxylic acids is 2. The summed E-state index contributed by atoms with van der Waals surface area (Å²) in [6, 6.07) is 0. The van der Waals surface area contributed by atoms with E-state index in [0.29, 0.717) is 0 Å². The molecular weight excluding hydrogens is 384 g/mol. The maximum Gasteiger partial charge on any atom is 0.303 e. The summed E-state index contributed by atoms with van der Waals surface area (Å²) in [5, 5.41) is 11.7. The molecule has 0 bridgehead atoms. The quantitative estimate of drug-likeness (QED) is 0.550. The van der Waals surface area contributed by atoms with Crippen molar-refractivity contribution in [3.05, 3.63) is 12.7 Å². The van der Waals surface area contributed by atoms with Gasteiger partial charge in [-0.25, -0.2) is 0 Å². The smallest absolute Gasteiger partial charge is 0.303 e. The van der Waals surface area contributed by atoms with Gasteiger partial charge in [0.15, 0.2) is 6.10 Å². The van der Waals surface area contributed by atoms with Crippen LogP contribution in [-0.4, -0.2) is 46.6 Å². The molecule has 1 heterocycles. The van der Waals surface area contributed by atoms with E-state index in [-0.39, 0.29) is 29.3 Å². The van der Waals surface area contributed by atoms with Gasteiger partial charge in [0.05, 0.1) is 11.7 Å². The Morgan fingerprint density at radius 3 is 2.17 bits per heavy atom. The fourth-order valence-corrected chi connectivity index (χ4v) is 7.26. The SMILES string of the molecule is C=CC1(C)CCC2C3(C)CCC(OC(C)=O)C(C)(C)C3C(O)C(OC(C)=O)C2(C)O1. The fraction of sp³-hybridized carbons (Fsp3) is 0.833. The van der Waals surface area contributed by atoms with Crippen LogP contribution in [0, 0.1) is 22.7 Å². The van der Waals surface area contributed by atoms with Crippen molar-refractivity contribution in [3.63, 3.8) is 0 Å². The Morgan fingerprint density at radius 1 is 1.03 bits per heavy atom. The Kier molecular flexibility index (Phi) is 5.69. The molecule has 2 aliphatic carbocycles. The second-order valence-electron chi connectivity index (χ2n) is 10.9. The van der Waals surface area contributed by atoms with Crippen LogP contribution in [0.2, 0.25) is 0 Å². The molecule has 3 aliphatic rings. The van der Waals surface area contributed by atoms with E-state index in [4.69, 9.17) is 14.2 Å². The maximum atomic E-state index is 12.0. The molecule has 0 amide bonds. The Hall–Kier alpha value is -1.40. The van der Waals surface area contributed by atoms with Crippen molar-refractivity contribution in [3.8, 4) is 0 Å². The molecule has 2 saturated carbocycles. The van der Waals surface area contributed by atoms with E-state index >= 15 is 0 Å². The number of aliphatic hydroxyl groups is 1. The number of rotatable bonds is 3. The number of hydrogen-bond acceptors (Lipinski definition) is 6. The zero-order valence-electron chi connectivity index (χ0n) is 19.5. The molecule has 170 valence electrons. The molecule has 6 nitrogen and oxygen atoms in total. The highest BCUT2D eigenvalue weighted by molar-refractivity contribution is 5.66. The summed E-state index contributed by atoms with van der Waals surface area (Å²) in [4.78, 5) is 23.8. The zero-order valence-corrected chi connectivity index (χ0v) is 19.5. The standard InChI is InChI=1S/C24H38O6/c1-9-22(6)12-10-16-23(7)13-11-17(28-14(2)25)21(4,5)19(23)18(27)20(29-15(3)26)24(16,8)30-22/h9,16-20,27H,1,10-13H2,2-8H3. The van der Waals surface area contributed by atoms with Gasteiger partial charge in [0.1, 0.15) is 11.7 Å². The minimum Gasteiger partial charge on any atom is -0.462 e. The molecule has 30 heavy (non-hydrogen) atoms. The molecule has 0 aromatic heterocycles. The molecule has 1 aliphatic heterocycles. The second-order valence-corrected chi connectivity index (χ2v) is 10.9. The van der Waals surface area contributed by atoms with Crippen LogP contribution in [0.5, 0.6) is 0 Å². The summed E-state index contributed by atoms with van der Waals surface area (Å²) in [5.74, 6) is -0.899. The molecule has 0 radical (unpaired) electrons. The number of aliphatic hydroxyl groups excluding tert-OH is 1. The lowest BCUT2D eigenvalue weighted by molar-refractivity contribution is -0.328. The first kappa shape index (κ1) is 23.3. The van der Waals surface area contributed by atoms with Crippen LogP contribution >= 0.6 is 0 Å². The van der Waals surface area contributed by atoms with Crippen molar-refractivity contribution in [2.45, 2.75) is 104 Å². The van der Waals surface area contributed by atoms with E-state index in [1.54, 1.807) is 0 Å². The van der Waals surface area contributed by atoms with Crippen LogP contribution in [0.3, 0.4) is 0 Å². The van der Waals surface area contributed by atoms with Crippen molar-refractivity contribution in [1.29, 1.82) is 0 Å². The largest absolute Gasteiger partial charge is 0.462 e. The van der Waals surface area contributed by atoms with Crippen molar-refractivity contribution in [2.24, 2.45) is 22.7 Å². The van der Waals surface area contributed by atoms with Gasteiger partial charge in [0, 0.05) is 25.2 Å². The lowest BCUT2D eigenvalue weighted by atomic mass is 9.42. The normalized spacial score (nSPS) is 47.4. The van der Waals surface area contributed by atoms with Gasteiger partial charge in [0.25, 0.3) is 0 Å². The molecule has 0 aromatic rings. The van der Waals surface area contributed by atoms with Gasteiger partial charge in [-0.3, -0.25) is 9.59 Å². The average molecular weight is 423 g/mol. The van der Waals surface area contributed by atoms with E-state index in [9.17, 15) is 14.7 Å². The molecule has 3 fully saturated rings. The lowest BCUT2D eigenvalue weighted by Crippen LogP contribution is -2.74. The van der Waals surface area contributed by atoms with Gasteiger partial charge in [-0.2, -0.15) is 0 Å². The van der Waals surface area contributed by atoms with Crippen LogP contribution in [0.4, 0.5) is 0 Å². The van der Waals surface area contributed by atoms with Crippen LogP contribution < -0.4 is 0 Å². The maximum absolute atomic E-state index is 12.0. The van der Waals surface area contributed by atoms with Gasteiger partial charge in [-0.1, -0.05) is 26.8 Å². The number of ether oxygens (including phenoxy) is 3. The Balaban J connectivity index is 2.11. The average Bonchev–Trinajstić information content (AvgIpc) is 2.60. The predicted molar refractivity (Wildman–Crippen MR) is 113 cm³/mol. The van der Waals surface area contributed by atoms with Crippen LogP contribution in [0.15, 0.2) is 12.7 Å². The van der Waals surface area contributed by atoms with E-state index in [2.05, 4.69) is 27.4 Å². The Bertz CT molecular complexity index is 731. The highest BCUT2D eigenvalue weighted by Gasteiger charge is 2.70. The molecule has 8 unspecified atom stereocenters. The van der Waals surface area contributed by atoms with Crippen LogP contribution in [0.25, 0.3) is 0 Å². The van der Waals surface area contributed by atoms with E-state index in [1.807, 2.05) is 19.9 Å². The monoisotopic (exact) mass is 422 g/mol. The lowest BCUT2D eigenvalue weighted by Gasteiger charge is -2.68. The number of esters is 2. The van der Waals surface area contributed by atoms with E-state index in [1.165, 1.54) is 13.8 Å². The highest BCUT2D eigenvalue weighted by Crippen LogP contribution is 2.66. The van der Waals surface area contributed by atoms with E-state index < -0.39 is 34.8 Å². The van der Waals surface area contributed by atoms with Crippen LogP contribution in [-0.2, 0) is 23.8 Å². The summed E-state index contributed by atoms with van der Waals surface area (Å²) in [5.41, 5.74) is -2.14. The summed E-state index contributed by atoms with van der Waals surface area (Å²) in [6.45, 7) is 17.0. The van der Waals surface area contributed by atoms with Gasteiger partial charge in [-0.05, 0) is 50.9 Å². The van der Waals surface area contributed by atoms with Gasteiger partial charge in [-0.15, -0.1) is 6.58 Å². The fourth-order valence-electron chi connectivity index (χ4n) is 7.26. The van der Waals surface area contributed by atoms with Gasteiger partial charge < -0.3 is 19.3 Å². The number of hydrogen-bond donors (Lipinski definition) is 1. The molecule has 0 spiro atoms. The third-order valence-corrected chi connectivity index (χ3v) is 8.41. The van der Waals surface area contributed by atoms with Crippen molar-refractivity contribution in [1.82, 2.24) is 0 Å². The Morgan fingerprint density at radius 2 is 1.63 bits per heavy atom. The Labute approximate surface area is 180 Å². The second kappa shape index (κ2) is 7.33. The summed E-state index contributed by atoms with van der Waals surface area (Å²) < 4.78 is 18.1. The van der Waals surface area contributed by atoms with Gasteiger partial charge >= 0.3 is 11.9 Å². The first-order valence-electron chi connectivity index (χ1n) is 11.1. The predicted octanol–water partition coefficient (Wildman–Crippen LogP) is 3.80.